The van der Waals surface area contributed by atoms with E-state index in [1.54, 1.807) is 11.3 Å². The molecule has 0 aliphatic carbocycles. The van der Waals surface area contributed by atoms with Crippen molar-refractivity contribution < 1.29 is 4.79 Å². The van der Waals surface area contributed by atoms with Gasteiger partial charge in [0.2, 0.25) is 5.91 Å². The summed E-state index contributed by atoms with van der Waals surface area (Å²) in [4.78, 5) is 14.0. The van der Waals surface area contributed by atoms with Crippen LogP contribution in [0.15, 0.2) is 53.0 Å². The number of benzene rings is 1. The summed E-state index contributed by atoms with van der Waals surface area (Å²) in [6.07, 6.45) is 0.711. The molecule has 9 heteroatoms. The molecule has 1 aromatic carbocycles. The first-order chi connectivity index (χ1) is 15.5. The second-order valence-electron chi connectivity index (χ2n) is 7.27. The first-order valence-electron chi connectivity index (χ1n) is 10.00. The Kier molecular flexibility index (Phi) is 6.44. The van der Waals surface area contributed by atoms with E-state index in [-0.39, 0.29) is 11.7 Å². The van der Waals surface area contributed by atoms with E-state index in [1.807, 2.05) is 71.8 Å². The zero-order valence-corrected chi connectivity index (χ0v) is 19.6. The van der Waals surface area contributed by atoms with Gasteiger partial charge in [-0.2, -0.15) is 5.26 Å². The molecule has 4 aromatic rings. The van der Waals surface area contributed by atoms with Crippen LogP contribution < -0.4 is 5.32 Å². The molecule has 0 bridgehead atoms. The minimum atomic E-state index is -0.205. The molecule has 0 atom stereocenters. The van der Waals surface area contributed by atoms with Gasteiger partial charge >= 0.3 is 0 Å². The Balaban J connectivity index is 1.50. The monoisotopic (exact) mass is 462 g/mol. The van der Waals surface area contributed by atoms with Crippen LogP contribution in [0.2, 0.25) is 0 Å². The molecule has 7 nitrogen and oxygen atoms in total. The average Bonchev–Trinajstić information content (AvgIpc) is 3.49. The number of anilines is 1. The maximum atomic E-state index is 12.8. The van der Waals surface area contributed by atoms with Crippen LogP contribution in [-0.4, -0.2) is 31.0 Å². The number of nitriles is 1. The highest BCUT2D eigenvalue weighted by molar-refractivity contribution is 7.99. The molecule has 162 valence electrons. The van der Waals surface area contributed by atoms with E-state index in [0.29, 0.717) is 23.0 Å². The zero-order chi connectivity index (χ0) is 22.7. The molecule has 3 heterocycles. The average molecular weight is 463 g/mol. The molecule has 0 radical (unpaired) electrons. The predicted octanol–water partition coefficient (Wildman–Crippen LogP) is 4.48. The standard InChI is InChI=1S/C23H22N6OS2/c1-15-16(2)29(17-8-5-4-6-9-17)22(19(15)13-24)25-21(30)14-32-23-27-26-20(28(23)3)12-18-10-7-11-31-18/h4-11H,12,14H2,1-3H3,(H,25,30). The van der Waals surface area contributed by atoms with Gasteiger partial charge in [0, 0.05) is 29.7 Å². The second-order valence-corrected chi connectivity index (χ2v) is 9.24. The van der Waals surface area contributed by atoms with Gasteiger partial charge in [0.1, 0.15) is 17.7 Å². The lowest BCUT2D eigenvalue weighted by Gasteiger charge is -2.13. The summed E-state index contributed by atoms with van der Waals surface area (Å²) in [5.41, 5.74) is 3.14. The minimum Gasteiger partial charge on any atom is -0.310 e. The largest absolute Gasteiger partial charge is 0.310 e. The number of para-hydroxylation sites is 1. The third-order valence-electron chi connectivity index (χ3n) is 5.27. The summed E-state index contributed by atoms with van der Waals surface area (Å²) < 4.78 is 3.83. The number of hydrogen-bond donors (Lipinski definition) is 1. The van der Waals surface area contributed by atoms with Crippen molar-refractivity contribution in [3.63, 3.8) is 0 Å². The zero-order valence-electron chi connectivity index (χ0n) is 18.0. The molecule has 3 aromatic heterocycles. The van der Waals surface area contributed by atoms with E-state index in [4.69, 9.17) is 0 Å². The number of nitrogens with zero attached hydrogens (tertiary/aromatic N) is 5. The highest BCUT2D eigenvalue weighted by Crippen LogP contribution is 2.30. The number of carbonyl (C=O) groups excluding carboxylic acids is 1. The lowest BCUT2D eigenvalue weighted by molar-refractivity contribution is -0.113. The SMILES string of the molecule is Cc1c(C#N)c(NC(=O)CSc2nnc(Cc3cccs3)n2C)n(-c2ccccc2)c1C. The van der Waals surface area contributed by atoms with Crippen LogP contribution in [0.25, 0.3) is 5.69 Å². The van der Waals surface area contributed by atoms with Crippen molar-refractivity contribution in [1.29, 1.82) is 5.26 Å². The molecule has 0 unspecified atom stereocenters. The van der Waals surface area contributed by atoms with Crippen molar-refractivity contribution in [3.8, 4) is 11.8 Å². The van der Waals surface area contributed by atoms with Gasteiger partial charge in [-0.05, 0) is 43.0 Å². The fourth-order valence-corrected chi connectivity index (χ4v) is 4.88. The Labute approximate surface area is 194 Å². The normalized spacial score (nSPS) is 10.8. The van der Waals surface area contributed by atoms with E-state index in [1.165, 1.54) is 16.6 Å². The van der Waals surface area contributed by atoms with E-state index in [9.17, 15) is 10.1 Å². The fourth-order valence-electron chi connectivity index (χ4n) is 3.45. The van der Waals surface area contributed by atoms with Gasteiger partial charge in [-0.1, -0.05) is 36.0 Å². The molecule has 0 saturated carbocycles. The molecular weight excluding hydrogens is 440 g/mol. The molecule has 4 rings (SSSR count). The van der Waals surface area contributed by atoms with Gasteiger partial charge in [-0.3, -0.25) is 9.36 Å². The van der Waals surface area contributed by atoms with Gasteiger partial charge in [0.15, 0.2) is 5.16 Å². The Bertz CT molecular complexity index is 1280. The van der Waals surface area contributed by atoms with Gasteiger partial charge in [0.05, 0.1) is 11.3 Å². The first kappa shape index (κ1) is 21.9. The third-order valence-corrected chi connectivity index (χ3v) is 7.16. The van der Waals surface area contributed by atoms with E-state index < -0.39 is 0 Å². The Morgan fingerprint density at radius 2 is 1.97 bits per heavy atom. The summed E-state index contributed by atoms with van der Waals surface area (Å²) in [7, 11) is 1.91. The molecule has 0 saturated heterocycles. The summed E-state index contributed by atoms with van der Waals surface area (Å²) in [5.74, 6) is 1.31. The summed E-state index contributed by atoms with van der Waals surface area (Å²) >= 11 is 3.00. The number of thiophene rings is 1. The van der Waals surface area contributed by atoms with Crippen molar-refractivity contribution in [2.75, 3.05) is 11.1 Å². The van der Waals surface area contributed by atoms with Crippen LogP contribution in [0.4, 0.5) is 5.82 Å². The predicted molar refractivity (Wildman–Crippen MR) is 127 cm³/mol. The highest BCUT2D eigenvalue weighted by atomic mass is 32.2. The highest BCUT2D eigenvalue weighted by Gasteiger charge is 2.21. The molecule has 1 amide bonds. The van der Waals surface area contributed by atoms with Crippen LogP contribution >= 0.6 is 23.1 Å². The van der Waals surface area contributed by atoms with Crippen molar-refractivity contribution in [3.05, 3.63) is 75.4 Å². The molecule has 1 N–H and O–H groups in total. The van der Waals surface area contributed by atoms with Gasteiger partial charge in [-0.25, -0.2) is 0 Å². The third kappa shape index (κ3) is 4.33. The molecule has 32 heavy (non-hydrogen) atoms. The topological polar surface area (TPSA) is 88.5 Å². The molecule has 0 aliphatic heterocycles. The minimum absolute atomic E-state index is 0.161. The molecule has 0 aliphatic rings. The number of hydrogen-bond acceptors (Lipinski definition) is 6. The Hall–Kier alpha value is -3.35. The maximum absolute atomic E-state index is 12.8. The first-order valence-corrected chi connectivity index (χ1v) is 11.9. The van der Waals surface area contributed by atoms with Gasteiger partial charge in [-0.15, -0.1) is 21.5 Å². The number of carbonyl (C=O) groups is 1. The van der Waals surface area contributed by atoms with Crippen LogP contribution in [0, 0.1) is 25.2 Å². The molecular formula is C23H22N6OS2. The van der Waals surface area contributed by atoms with E-state index >= 15 is 0 Å². The van der Waals surface area contributed by atoms with E-state index in [0.717, 1.165) is 22.8 Å². The number of thioether (sulfide) groups is 1. The number of rotatable bonds is 7. The maximum Gasteiger partial charge on any atom is 0.236 e. The lowest BCUT2D eigenvalue weighted by atomic mass is 10.2. The van der Waals surface area contributed by atoms with Gasteiger partial charge < -0.3 is 9.88 Å². The smallest absolute Gasteiger partial charge is 0.236 e. The van der Waals surface area contributed by atoms with Crippen LogP contribution in [-0.2, 0) is 18.3 Å². The molecule has 0 fully saturated rings. The van der Waals surface area contributed by atoms with Crippen LogP contribution in [0.3, 0.4) is 0 Å². The quantitative estimate of drug-likeness (QED) is 0.409. The summed E-state index contributed by atoms with van der Waals surface area (Å²) in [6, 6.07) is 16.0. The Morgan fingerprint density at radius 1 is 1.19 bits per heavy atom. The van der Waals surface area contributed by atoms with Crippen molar-refractivity contribution in [2.24, 2.45) is 7.05 Å². The number of amides is 1. The molecule has 0 spiro atoms. The summed E-state index contributed by atoms with van der Waals surface area (Å²) in [5, 5.41) is 23.9. The van der Waals surface area contributed by atoms with Gasteiger partial charge in [0.25, 0.3) is 0 Å². The van der Waals surface area contributed by atoms with Crippen LogP contribution in [0.1, 0.15) is 27.5 Å². The Morgan fingerprint density at radius 3 is 2.66 bits per heavy atom. The van der Waals surface area contributed by atoms with E-state index in [2.05, 4.69) is 27.6 Å². The summed E-state index contributed by atoms with van der Waals surface area (Å²) in [6.45, 7) is 3.84. The van der Waals surface area contributed by atoms with Crippen molar-refractivity contribution in [1.82, 2.24) is 19.3 Å². The van der Waals surface area contributed by atoms with Crippen LogP contribution in [0.5, 0.6) is 0 Å². The number of nitrogens with one attached hydrogen (secondary N) is 1. The van der Waals surface area contributed by atoms with Crippen molar-refractivity contribution in [2.45, 2.75) is 25.4 Å². The van der Waals surface area contributed by atoms with Crippen molar-refractivity contribution >= 4 is 34.8 Å². The second kappa shape index (κ2) is 9.42. The number of aromatic nitrogens is 4. The lowest BCUT2D eigenvalue weighted by Crippen LogP contribution is -2.18. The fraction of sp³-hybridized carbons (Fsp3) is 0.217.